The Morgan fingerprint density at radius 2 is 2.00 bits per heavy atom. The number of alkyl halides is 3. The number of halogens is 5. The van der Waals surface area contributed by atoms with Crippen LogP contribution in [0.1, 0.15) is 21.7 Å². The largest absolute Gasteiger partial charge is 0.436 e. The van der Waals surface area contributed by atoms with Crippen LogP contribution in [0.4, 0.5) is 23.2 Å². The van der Waals surface area contributed by atoms with Gasteiger partial charge in [-0.05, 0) is 24.6 Å². The molecule has 0 atom stereocenters. The fourth-order valence-electron chi connectivity index (χ4n) is 1.84. The lowest BCUT2D eigenvalue weighted by Crippen LogP contribution is -2.17. The molecule has 2 aromatic rings. The molecule has 1 aromatic heterocycles. The van der Waals surface area contributed by atoms with Gasteiger partial charge in [-0.3, -0.25) is 9.48 Å². The Bertz CT molecular complexity index is 740. The van der Waals surface area contributed by atoms with Crippen LogP contribution in [0.15, 0.2) is 18.2 Å². The second kappa shape index (κ2) is 5.60. The molecule has 0 aliphatic carbocycles. The summed E-state index contributed by atoms with van der Waals surface area (Å²) >= 11 is 5.59. The van der Waals surface area contributed by atoms with Crippen molar-refractivity contribution < 1.29 is 22.4 Å². The Kier molecular flexibility index (Phi) is 4.15. The Morgan fingerprint density at radius 1 is 1.36 bits per heavy atom. The van der Waals surface area contributed by atoms with Crippen LogP contribution in [0.2, 0.25) is 5.02 Å². The summed E-state index contributed by atoms with van der Waals surface area (Å²) < 4.78 is 52.4. The van der Waals surface area contributed by atoms with Gasteiger partial charge in [-0.2, -0.15) is 18.3 Å². The average molecular weight is 336 g/mol. The van der Waals surface area contributed by atoms with Crippen molar-refractivity contribution in [3.8, 4) is 0 Å². The number of carbonyl (C=O) groups excluding carboxylic acids is 1. The second-order valence-electron chi connectivity index (χ2n) is 4.57. The van der Waals surface area contributed by atoms with Crippen molar-refractivity contribution in [2.24, 2.45) is 7.05 Å². The summed E-state index contributed by atoms with van der Waals surface area (Å²) in [6, 6.07) is 3.98. The molecule has 0 aliphatic heterocycles. The summed E-state index contributed by atoms with van der Waals surface area (Å²) in [7, 11) is 1.14. The number of amides is 1. The lowest BCUT2D eigenvalue weighted by molar-refractivity contribution is -0.141. The van der Waals surface area contributed by atoms with Gasteiger partial charge in [0.25, 0.3) is 5.91 Å². The fraction of sp³-hybridized carbons (Fsp3) is 0.231. The molecule has 0 radical (unpaired) electrons. The SMILES string of the molecule is Cc1ccc(F)c(NC(=O)c2c(Cl)c(C(F)(F)F)nn2C)c1. The summed E-state index contributed by atoms with van der Waals surface area (Å²) in [5.41, 5.74) is -1.36. The summed E-state index contributed by atoms with van der Waals surface area (Å²) in [5, 5.41) is 4.54. The predicted octanol–water partition coefficient (Wildman–Crippen LogP) is 3.79. The summed E-state index contributed by atoms with van der Waals surface area (Å²) in [5.74, 6) is -1.70. The number of carbonyl (C=O) groups is 1. The first-order chi connectivity index (χ1) is 10.1. The van der Waals surface area contributed by atoms with E-state index in [2.05, 4.69) is 10.4 Å². The van der Waals surface area contributed by atoms with Crippen LogP contribution in [0.3, 0.4) is 0 Å². The van der Waals surface area contributed by atoms with E-state index in [4.69, 9.17) is 11.6 Å². The number of rotatable bonds is 2. The monoisotopic (exact) mass is 335 g/mol. The predicted molar refractivity (Wildman–Crippen MR) is 72.3 cm³/mol. The zero-order valence-corrected chi connectivity index (χ0v) is 12.2. The van der Waals surface area contributed by atoms with E-state index in [1.54, 1.807) is 6.92 Å². The molecule has 118 valence electrons. The molecule has 1 amide bonds. The highest BCUT2D eigenvalue weighted by atomic mass is 35.5. The Balaban J connectivity index is 2.39. The lowest BCUT2D eigenvalue weighted by Gasteiger charge is -2.08. The summed E-state index contributed by atoms with van der Waals surface area (Å²) in [6.45, 7) is 1.67. The van der Waals surface area contributed by atoms with E-state index < -0.39 is 34.3 Å². The Hall–Kier alpha value is -2.09. The highest BCUT2D eigenvalue weighted by Crippen LogP contribution is 2.35. The van der Waals surface area contributed by atoms with Gasteiger partial charge in [0.05, 0.1) is 5.69 Å². The number of benzene rings is 1. The molecule has 4 nitrogen and oxygen atoms in total. The Labute approximate surface area is 127 Å². The fourth-order valence-corrected chi connectivity index (χ4v) is 2.20. The van der Waals surface area contributed by atoms with Gasteiger partial charge in [0.15, 0.2) is 5.69 Å². The van der Waals surface area contributed by atoms with Crippen molar-refractivity contribution in [1.82, 2.24) is 9.78 Å². The van der Waals surface area contributed by atoms with Crippen molar-refractivity contribution in [2.45, 2.75) is 13.1 Å². The number of nitrogens with one attached hydrogen (secondary N) is 1. The first kappa shape index (κ1) is 16.3. The molecule has 0 fully saturated rings. The molecule has 0 spiro atoms. The van der Waals surface area contributed by atoms with E-state index in [1.807, 2.05) is 0 Å². The summed E-state index contributed by atoms with van der Waals surface area (Å²) in [6.07, 6.45) is -4.79. The Morgan fingerprint density at radius 3 is 2.55 bits per heavy atom. The number of nitrogens with zero attached hydrogens (tertiary/aromatic N) is 2. The van der Waals surface area contributed by atoms with Gasteiger partial charge in [-0.1, -0.05) is 17.7 Å². The van der Waals surface area contributed by atoms with Crippen molar-refractivity contribution in [2.75, 3.05) is 5.32 Å². The van der Waals surface area contributed by atoms with Crippen molar-refractivity contribution in [3.63, 3.8) is 0 Å². The minimum Gasteiger partial charge on any atom is -0.318 e. The van der Waals surface area contributed by atoms with Gasteiger partial charge in [0, 0.05) is 7.05 Å². The molecule has 1 heterocycles. The molecule has 1 aromatic carbocycles. The molecular formula is C13H10ClF4N3O. The van der Waals surface area contributed by atoms with Crippen LogP contribution in [-0.2, 0) is 13.2 Å². The third-order valence-corrected chi connectivity index (χ3v) is 3.20. The third kappa shape index (κ3) is 3.06. The van der Waals surface area contributed by atoms with Crippen LogP contribution in [0.25, 0.3) is 0 Å². The highest BCUT2D eigenvalue weighted by Gasteiger charge is 2.39. The first-order valence-corrected chi connectivity index (χ1v) is 6.36. The van der Waals surface area contributed by atoms with E-state index in [-0.39, 0.29) is 5.69 Å². The number of aromatic nitrogens is 2. The highest BCUT2D eigenvalue weighted by molar-refractivity contribution is 6.34. The van der Waals surface area contributed by atoms with E-state index in [1.165, 1.54) is 12.1 Å². The van der Waals surface area contributed by atoms with Crippen LogP contribution in [0, 0.1) is 12.7 Å². The van der Waals surface area contributed by atoms with Gasteiger partial charge in [0.2, 0.25) is 0 Å². The standard InChI is InChI=1S/C13H10ClF4N3O/c1-6-3-4-7(15)8(5-6)19-12(22)10-9(14)11(13(16,17)18)20-21(10)2/h3-5H,1-2H3,(H,19,22). The molecular weight excluding hydrogens is 326 g/mol. The molecule has 0 bridgehead atoms. The molecule has 0 saturated heterocycles. The minimum atomic E-state index is -4.79. The molecule has 0 unspecified atom stereocenters. The third-order valence-electron chi connectivity index (χ3n) is 2.84. The second-order valence-corrected chi connectivity index (χ2v) is 4.95. The maximum Gasteiger partial charge on any atom is 0.436 e. The van der Waals surface area contributed by atoms with Crippen LogP contribution in [0.5, 0.6) is 0 Å². The maximum atomic E-state index is 13.6. The van der Waals surface area contributed by atoms with Crippen LogP contribution >= 0.6 is 11.6 Å². The molecule has 1 N–H and O–H groups in total. The maximum absolute atomic E-state index is 13.6. The van der Waals surface area contributed by atoms with Gasteiger partial charge in [-0.15, -0.1) is 0 Å². The number of hydrogen-bond donors (Lipinski definition) is 1. The van der Waals surface area contributed by atoms with Crippen LogP contribution < -0.4 is 5.32 Å². The number of hydrogen-bond acceptors (Lipinski definition) is 2. The molecule has 0 saturated carbocycles. The molecule has 0 aliphatic rings. The van der Waals surface area contributed by atoms with Crippen molar-refractivity contribution in [1.29, 1.82) is 0 Å². The van der Waals surface area contributed by atoms with E-state index >= 15 is 0 Å². The van der Waals surface area contributed by atoms with E-state index in [9.17, 15) is 22.4 Å². The molecule has 9 heteroatoms. The lowest BCUT2D eigenvalue weighted by atomic mass is 10.2. The van der Waals surface area contributed by atoms with Gasteiger partial charge >= 0.3 is 6.18 Å². The number of anilines is 1. The summed E-state index contributed by atoms with van der Waals surface area (Å²) in [4.78, 5) is 12.1. The van der Waals surface area contributed by atoms with E-state index in [0.29, 0.717) is 10.2 Å². The zero-order chi connectivity index (χ0) is 16.7. The van der Waals surface area contributed by atoms with E-state index in [0.717, 1.165) is 13.1 Å². The minimum absolute atomic E-state index is 0.157. The van der Waals surface area contributed by atoms with Gasteiger partial charge in [0.1, 0.15) is 16.5 Å². The van der Waals surface area contributed by atoms with Crippen molar-refractivity contribution in [3.05, 3.63) is 46.0 Å². The zero-order valence-electron chi connectivity index (χ0n) is 11.4. The topological polar surface area (TPSA) is 46.9 Å². The van der Waals surface area contributed by atoms with Gasteiger partial charge < -0.3 is 5.32 Å². The average Bonchev–Trinajstić information content (AvgIpc) is 2.69. The smallest absolute Gasteiger partial charge is 0.318 e. The van der Waals surface area contributed by atoms with Crippen molar-refractivity contribution >= 4 is 23.2 Å². The first-order valence-electron chi connectivity index (χ1n) is 5.98. The normalized spacial score (nSPS) is 11.6. The quantitative estimate of drug-likeness (QED) is 0.849. The van der Waals surface area contributed by atoms with Gasteiger partial charge in [-0.25, -0.2) is 4.39 Å². The number of aryl methyl sites for hydroxylation is 2. The molecule has 2 rings (SSSR count). The molecule has 22 heavy (non-hydrogen) atoms. The van der Waals surface area contributed by atoms with Crippen LogP contribution in [-0.4, -0.2) is 15.7 Å².